The van der Waals surface area contributed by atoms with Gasteiger partial charge in [-0.2, -0.15) is 0 Å². The standard InChI is InChI=1S/C10H15F2N3/c1-13-8-3-4-14-9(5-8)6-15(2)7-10(11)12/h3-5,10H,6-7H2,1-2H3,(H,13,14). The van der Waals surface area contributed by atoms with Gasteiger partial charge < -0.3 is 5.32 Å². The van der Waals surface area contributed by atoms with Gasteiger partial charge >= 0.3 is 0 Å². The van der Waals surface area contributed by atoms with E-state index in [0.717, 1.165) is 11.4 Å². The van der Waals surface area contributed by atoms with Crippen molar-refractivity contribution in [3.05, 3.63) is 24.0 Å². The molecular formula is C10H15F2N3. The van der Waals surface area contributed by atoms with Crippen LogP contribution in [0.5, 0.6) is 0 Å². The fourth-order valence-electron chi connectivity index (χ4n) is 1.30. The van der Waals surface area contributed by atoms with Crippen LogP contribution < -0.4 is 5.32 Å². The molecule has 0 aliphatic rings. The van der Waals surface area contributed by atoms with Crippen molar-refractivity contribution in [3.8, 4) is 0 Å². The minimum absolute atomic E-state index is 0.231. The van der Waals surface area contributed by atoms with E-state index in [2.05, 4.69) is 10.3 Å². The molecule has 0 spiro atoms. The van der Waals surface area contributed by atoms with Crippen LogP contribution in [0.1, 0.15) is 5.69 Å². The number of nitrogens with one attached hydrogen (secondary N) is 1. The van der Waals surface area contributed by atoms with Gasteiger partial charge in [-0.15, -0.1) is 0 Å². The monoisotopic (exact) mass is 215 g/mol. The molecule has 0 unspecified atom stereocenters. The molecule has 1 aromatic heterocycles. The lowest BCUT2D eigenvalue weighted by Gasteiger charge is -2.15. The van der Waals surface area contributed by atoms with Gasteiger partial charge in [0.05, 0.1) is 12.2 Å². The first kappa shape index (κ1) is 11.8. The SMILES string of the molecule is CNc1ccnc(CN(C)CC(F)F)c1. The Morgan fingerprint density at radius 2 is 2.27 bits per heavy atom. The highest BCUT2D eigenvalue weighted by Crippen LogP contribution is 2.09. The van der Waals surface area contributed by atoms with E-state index in [1.54, 1.807) is 18.1 Å². The minimum Gasteiger partial charge on any atom is -0.388 e. The number of alkyl halides is 2. The van der Waals surface area contributed by atoms with Gasteiger partial charge in [0.1, 0.15) is 0 Å². The second-order valence-electron chi connectivity index (χ2n) is 3.37. The summed E-state index contributed by atoms with van der Waals surface area (Å²) in [5, 5.41) is 2.97. The molecule has 0 saturated carbocycles. The van der Waals surface area contributed by atoms with Crippen LogP contribution in [0.2, 0.25) is 0 Å². The Morgan fingerprint density at radius 1 is 1.53 bits per heavy atom. The first-order valence-corrected chi connectivity index (χ1v) is 4.71. The molecule has 0 bridgehead atoms. The van der Waals surface area contributed by atoms with Crippen LogP contribution in [0, 0.1) is 0 Å². The van der Waals surface area contributed by atoms with Crippen LogP contribution in [-0.4, -0.2) is 36.9 Å². The van der Waals surface area contributed by atoms with Gasteiger partial charge in [-0.25, -0.2) is 8.78 Å². The molecular weight excluding hydrogens is 200 g/mol. The van der Waals surface area contributed by atoms with Crippen LogP contribution in [0.3, 0.4) is 0 Å². The summed E-state index contributed by atoms with van der Waals surface area (Å²) in [6, 6.07) is 3.68. The van der Waals surface area contributed by atoms with Crippen molar-refractivity contribution < 1.29 is 8.78 Å². The van der Waals surface area contributed by atoms with Crippen LogP contribution in [0.4, 0.5) is 14.5 Å². The zero-order chi connectivity index (χ0) is 11.3. The molecule has 0 saturated heterocycles. The zero-order valence-electron chi connectivity index (χ0n) is 8.87. The van der Waals surface area contributed by atoms with Crippen molar-refractivity contribution in [1.29, 1.82) is 0 Å². The Kier molecular flexibility index (Phi) is 4.42. The number of nitrogens with zero attached hydrogens (tertiary/aromatic N) is 2. The number of halogens is 2. The molecule has 15 heavy (non-hydrogen) atoms. The lowest BCUT2D eigenvalue weighted by molar-refractivity contribution is 0.0971. The molecule has 0 atom stereocenters. The summed E-state index contributed by atoms with van der Waals surface area (Å²) in [6.45, 7) is 0.200. The average Bonchev–Trinajstić information content (AvgIpc) is 2.16. The first-order chi connectivity index (χ1) is 7.11. The molecule has 0 fully saturated rings. The molecule has 0 radical (unpaired) electrons. The average molecular weight is 215 g/mol. The number of pyridine rings is 1. The number of hydrogen-bond donors (Lipinski definition) is 1. The number of anilines is 1. The minimum atomic E-state index is -2.30. The summed E-state index contributed by atoms with van der Waals surface area (Å²) in [6.07, 6.45) is -0.639. The van der Waals surface area contributed by atoms with Gasteiger partial charge in [-0.3, -0.25) is 9.88 Å². The Hall–Kier alpha value is -1.23. The van der Waals surface area contributed by atoms with Gasteiger partial charge in [0, 0.05) is 25.5 Å². The molecule has 84 valence electrons. The van der Waals surface area contributed by atoms with Crippen LogP contribution in [0.15, 0.2) is 18.3 Å². The van der Waals surface area contributed by atoms with E-state index in [1.807, 2.05) is 19.2 Å². The summed E-state index contributed by atoms with van der Waals surface area (Å²) in [5.41, 5.74) is 1.72. The van der Waals surface area contributed by atoms with E-state index in [0.29, 0.717) is 6.54 Å². The lowest BCUT2D eigenvalue weighted by Crippen LogP contribution is -2.24. The molecule has 1 aromatic rings. The fraction of sp³-hybridized carbons (Fsp3) is 0.500. The molecule has 1 N–H and O–H groups in total. The van der Waals surface area contributed by atoms with Gasteiger partial charge in [0.15, 0.2) is 0 Å². The quantitative estimate of drug-likeness (QED) is 0.812. The maximum atomic E-state index is 12.1. The molecule has 0 amide bonds. The maximum Gasteiger partial charge on any atom is 0.251 e. The zero-order valence-corrected chi connectivity index (χ0v) is 8.87. The third-order valence-corrected chi connectivity index (χ3v) is 1.99. The Morgan fingerprint density at radius 3 is 2.87 bits per heavy atom. The molecule has 3 nitrogen and oxygen atoms in total. The summed E-state index contributed by atoms with van der Waals surface area (Å²) < 4.78 is 24.1. The first-order valence-electron chi connectivity index (χ1n) is 4.71. The van der Waals surface area contributed by atoms with E-state index < -0.39 is 6.43 Å². The summed E-state index contributed by atoms with van der Waals surface area (Å²) in [4.78, 5) is 5.66. The van der Waals surface area contributed by atoms with Crippen molar-refractivity contribution in [3.63, 3.8) is 0 Å². The lowest BCUT2D eigenvalue weighted by atomic mass is 10.3. The summed E-state index contributed by atoms with van der Waals surface area (Å²) in [5.74, 6) is 0. The largest absolute Gasteiger partial charge is 0.388 e. The highest BCUT2D eigenvalue weighted by Gasteiger charge is 2.08. The highest BCUT2D eigenvalue weighted by molar-refractivity contribution is 5.42. The van der Waals surface area contributed by atoms with Gasteiger partial charge in [0.25, 0.3) is 6.43 Å². The number of rotatable bonds is 5. The summed E-state index contributed by atoms with van der Waals surface area (Å²) in [7, 11) is 3.46. The van der Waals surface area contributed by atoms with Crippen LogP contribution >= 0.6 is 0 Å². The summed E-state index contributed by atoms with van der Waals surface area (Å²) >= 11 is 0. The van der Waals surface area contributed by atoms with E-state index in [-0.39, 0.29) is 6.54 Å². The second kappa shape index (κ2) is 5.60. The molecule has 1 rings (SSSR count). The smallest absolute Gasteiger partial charge is 0.251 e. The third kappa shape index (κ3) is 4.20. The van der Waals surface area contributed by atoms with Crippen molar-refractivity contribution >= 4 is 5.69 Å². The molecule has 0 aliphatic carbocycles. The van der Waals surface area contributed by atoms with Gasteiger partial charge in [-0.1, -0.05) is 0 Å². The Bertz CT molecular complexity index is 304. The second-order valence-corrected chi connectivity index (χ2v) is 3.37. The van der Waals surface area contributed by atoms with E-state index in [1.165, 1.54) is 0 Å². The molecule has 1 heterocycles. The maximum absolute atomic E-state index is 12.1. The Balaban J connectivity index is 2.55. The van der Waals surface area contributed by atoms with E-state index in [4.69, 9.17) is 0 Å². The van der Waals surface area contributed by atoms with Crippen LogP contribution in [-0.2, 0) is 6.54 Å². The normalized spacial score (nSPS) is 11.1. The van der Waals surface area contributed by atoms with Crippen molar-refractivity contribution in [2.24, 2.45) is 0 Å². The number of aromatic nitrogens is 1. The topological polar surface area (TPSA) is 28.2 Å². The highest BCUT2D eigenvalue weighted by atomic mass is 19.3. The van der Waals surface area contributed by atoms with Gasteiger partial charge in [-0.05, 0) is 19.2 Å². The third-order valence-electron chi connectivity index (χ3n) is 1.99. The van der Waals surface area contributed by atoms with E-state index >= 15 is 0 Å². The van der Waals surface area contributed by atoms with Crippen molar-refractivity contribution in [1.82, 2.24) is 9.88 Å². The molecule has 0 aromatic carbocycles. The Labute approximate surface area is 88.1 Å². The fourth-order valence-corrected chi connectivity index (χ4v) is 1.30. The predicted octanol–water partition coefficient (Wildman–Crippen LogP) is 1.82. The molecule has 5 heteroatoms. The van der Waals surface area contributed by atoms with Gasteiger partial charge in [0.2, 0.25) is 0 Å². The van der Waals surface area contributed by atoms with Crippen LogP contribution in [0.25, 0.3) is 0 Å². The van der Waals surface area contributed by atoms with Crippen molar-refractivity contribution in [2.75, 3.05) is 26.0 Å². The van der Waals surface area contributed by atoms with E-state index in [9.17, 15) is 8.78 Å². The molecule has 0 aliphatic heterocycles. The number of hydrogen-bond acceptors (Lipinski definition) is 3. The van der Waals surface area contributed by atoms with Crippen molar-refractivity contribution in [2.45, 2.75) is 13.0 Å². The predicted molar refractivity (Wildman–Crippen MR) is 56.1 cm³/mol.